The van der Waals surface area contributed by atoms with Crippen LogP contribution in [0.15, 0.2) is 69.3 Å². The van der Waals surface area contributed by atoms with Crippen LogP contribution in [-0.4, -0.2) is 20.6 Å². The first-order valence-electron chi connectivity index (χ1n) is 8.65. The summed E-state index contributed by atoms with van der Waals surface area (Å²) in [5.74, 6) is -0.602. The fraction of sp³-hybridized carbons (Fsp3) is 0.0952. The molecule has 0 bridgehead atoms. The first kappa shape index (κ1) is 18.2. The van der Waals surface area contributed by atoms with Gasteiger partial charge in [0, 0.05) is 32.5 Å². The predicted molar refractivity (Wildman–Crippen MR) is 112 cm³/mol. The topological polar surface area (TPSA) is 82.7 Å². The van der Waals surface area contributed by atoms with Crippen LogP contribution in [0, 0.1) is 13.8 Å². The number of carbonyl (C=O) groups is 1. The van der Waals surface area contributed by atoms with Crippen molar-refractivity contribution in [2.24, 2.45) is 10.2 Å². The maximum Gasteiger partial charge on any atom is 0.295 e. The molecule has 2 aromatic heterocycles. The average molecular weight is 437 g/mol. The average Bonchev–Trinajstić information content (AvgIpc) is 3.18. The lowest BCUT2D eigenvalue weighted by Gasteiger charge is -2.09. The summed E-state index contributed by atoms with van der Waals surface area (Å²) in [4.78, 5) is 15.2. The molecule has 0 fully saturated rings. The SMILES string of the molecule is Cc1ccc(C)n1-c1ccc(C(=O)N=Nc2c(O)[nH]c3ccc(Br)cc23)cc1. The predicted octanol–water partition coefficient (Wildman–Crippen LogP) is 5.97. The molecule has 2 aromatic carbocycles. The van der Waals surface area contributed by atoms with E-state index < -0.39 is 5.91 Å². The Labute approximate surface area is 169 Å². The van der Waals surface area contributed by atoms with Crippen molar-refractivity contribution < 1.29 is 9.90 Å². The van der Waals surface area contributed by atoms with E-state index in [0.717, 1.165) is 21.5 Å². The van der Waals surface area contributed by atoms with Gasteiger partial charge in [-0.25, -0.2) is 0 Å². The molecule has 0 aliphatic carbocycles. The number of aryl methyl sites for hydroxylation is 2. The lowest BCUT2D eigenvalue weighted by molar-refractivity contribution is 0.0995. The molecule has 0 aliphatic rings. The number of aromatic amines is 1. The van der Waals surface area contributed by atoms with Gasteiger partial charge in [-0.2, -0.15) is 0 Å². The lowest BCUT2D eigenvalue weighted by Crippen LogP contribution is -2.00. The first-order valence-corrected chi connectivity index (χ1v) is 9.45. The Morgan fingerprint density at radius 2 is 1.71 bits per heavy atom. The van der Waals surface area contributed by atoms with E-state index in [1.807, 2.05) is 38.1 Å². The van der Waals surface area contributed by atoms with E-state index in [1.54, 1.807) is 18.2 Å². The van der Waals surface area contributed by atoms with Gasteiger partial charge in [-0.1, -0.05) is 15.9 Å². The molecule has 6 nitrogen and oxygen atoms in total. The number of aromatic hydroxyl groups is 1. The Balaban J connectivity index is 1.61. The molecule has 2 heterocycles. The van der Waals surface area contributed by atoms with Gasteiger partial charge in [0.1, 0.15) is 0 Å². The number of amides is 1. The monoisotopic (exact) mass is 436 g/mol. The van der Waals surface area contributed by atoms with Crippen molar-refractivity contribution in [3.05, 3.63) is 76.0 Å². The molecule has 7 heteroatoms. The standard InChI is InChI=1S/C21H17BrN4O2/c1-12-3-4-13(2)26(12)16-8-5-14(6-9-16)20(27)25-24-19-17-11-15(22)7-10-18(17)23-21(19)28/h3-11,23,28H,1-2H3. The van der Waals surface area contributed by atoms with Gasteiger partial charge >= 0.3 is 0 Å². The number of azo groups is 1. The van der Waals surface area contributed by atoms with Crippen LogP contribution in [-0.2, 0) is 0 Å². The molecule has 140 valence electrons. The minimum Gasteiger partial charge on any atom is -0.493 e. The smallest absolute Gasteiger partial charge is 0.295 e. The van der Waals surface area contributed by atoms with Crippen molar-refractivity contribution in [3.63, 3.8) is 0 Å². The largest absolute Gasteiger partial charge is 0.493 e. The van der Waals surface area contributed by atoms with Gasteiger partial charge in [0.05, 0.1) is 5.52 Å². The number of carbonyl (C=O) groups excluding carboxylic acids is 1. The number of hydrogen-bond acceptors (Lipinski definition) is 3. The van der Waals surface area contributed by atoms with Crippen LogP contribution < -0.4 is 0 Å². The van der Waals surface area contributed by atoms with E-state index in [2.05, 4.69) is 47.8 Å². The molecule has 1 amide bonds. The summed E-state index contributed by atoms with van der Waals surface area (Å²) in [5.41, 5.74) is 4.60. The number of fused-ring (bicyclic) bond motifs is 1. The molecule has 4 aromatic rings. The molecule has 4 rings (SSSR count). The molecule has 0 unspecified atom stereocenters. The molecule has 0 saturated carbocycles. The van der Waals surface area contributed by atoms with Crippen molar-refractivity contribution >= 4 is 38.4 Å². The van der Waals surface area contributed by atoms with Crippen molar-refractivity contribution in [1.82, 2.24) is 9.55 Å². The summed E-state index contributed by atoms with van der Waals surface area (Å²) in [5, 5.41) is 18.5. The molecule has 0 radical (unpaired) electrons. The Hall–Kier alpha value is -3.19. The van der Waals surface area contributed by atoms with Crippen molar-refractivity contribution in [3.8, 4) is 11.6 Å². The van der Waals surface area contributed by atoms with Gasteiger partial charge in [-0.05, 0) is 68.4 Å². The quantitative estimate of drug-likeness (QED) is 0.387. The molecule has 0 saturated heterocycles. The van der Waals surface area contributed by atoms with Crippen LogP contribution in [0.1, 0.15) is 21.7 Å². The third-order valence-electron chi connectivity index (χ3n) is 4.60. The van der Waals surface area contributed by atoms with Gasteiger partial charge in [-0.3, -0.25) is 4.79 Å². The minimum atomic E-state index is -0.476. The highest BCUT2D eigenvalue weighted by molar-refractivity contribution is 9.10. The van der Waals surface area contributed by atoms with E-state index >= 15 is 0 Å². The van der Waals surface area contributed by atoms with Crippen molar-refractivity contribution in [2.45, 2.75) is 13.8 Å². The molecule has 28 heavy (non-hydrogen) atoms. The normalized spacial score (nSPS) is 11.5. The zero-order valence-electron chi connectivity index (χ0n) is 15.3. The number of benzene rings is 2. The summed E-state index contributed by atoms with van der Waals surface area (Å²) in [6, 6.07) is 16.8. The maximum absolute atomic E-state index is 12.4. The van der Waals surface area contributed by atoms with Gasteiger partial charge < -0.3 is 14.7 Å². The number of halogens is 1. The first-order chi connectivity index (χ1) is 13.4. The second kappa shape index (κ2) is 7.09. The van der Waals surface area contributed by atoms with Crippen LogP contribution in [0.2, 0.25) is 0 Å². The Kier molecular flexibility index (Phi) is 4.60. The van der Waals surface area contributed by atoms with Gasteiger partial charge in [0.15, 0.2) is 5.69 Å². The number of nitrogens with one attached hydrogen (secondary N) is 1. The highest BCUT2D eigenvalue weighted by Gasteiger charge is 2.12. The summed E-state index contributed by atoms with van der Waals surface area (Å²) in [6.07, 6.45) is 0. The van der Waals surface area contributed by atoms with Gasteiger partial charge in [0.25, 0.3) is 5.91 Å². The Bertz CT molecular complexity index is 1200. The fourth-order valence-corrected chi connectivity index (χ4v) is 3.58. The third-order valence-corrected chi connectivity index (χ3v) is 5.09. The minimum absolute atomic E-state index is 0.126. The summed E-state index contributed by atoms with van der Waals surface area (Å²) in [7, 11) is 0. The maximum atomic E-state index is 12.4. The number of rotatable bonds is 3. The van der Waals surface area contributed by atoms with E-state index in [4.69, 9.17) is 0 Å². The van der Waals surface area contributed by atoms with Crippen LogP contribution in [0.3, 0.4) is 0 Å². The Morgan fingerprint density at radius 3 is 2.39 bits per heavy atom. The second-order valence-electron chi connectivity index (χ2n) is 6.52. The van der Waals surface area contributed by atoms with E-state index in [-0.39, 0.29) is 11.6 Å². The van der Waals surface area contributed by atoms with Gasteiger partial charge in [0.2, 0.25) is 5.88 Å². The highest BCUT2D eigenvalue weighted by Crippen LogP contribution is 2.36. The molecular weight excluding hydrogens is 420 g/mol. The highest BCUT2D eigenvalue weighted by atomic mass is 79.9. The van der Waals surface area contributed by atoms with Crippen LogP contribution in [0.25, 0.3) is 16.6 Å². The number of nitrogens with zero attached hydrogens (tertiary/aromatic N) is 3. The van der Waals surface area contributed by atoms with Crippen LogP contribution in [0.5, 0.6) is 5.88 Å². The van der Waals surface area contributed by atoms with E-state index in [1.165, 1.54) is 0 Å². The lowest BCUT2D eigenvalue weighted by atomic mass is 10.2. The molecule has 2 N–H and O–H groups in total. The van der Waals surface area contributed by atoms with E-state index in [9.17, 15) is 9.90 Å². The zero-order chi connectivity index (χ0) is 19.8. The van der Waals surface area contributed by atoms with E-state index in [0.29, 0.717) is 16.5 Å². The zero-order valence-corrected chi connectivity index (χ0v) is 16.9. The summed E-state index contributed by atoms with van der Waals surface area (Å²) in [6.45, 7) is 4.07. The number of H-pyrrole nitrogens is 1. The third kappa shape index (κ3) is 3.25. The van der Waals surface area contributed by atoms with Crippen molar-refractivity contribution in [2.75, 3.05) is 0 Å². The molecular formula is C21H17BrN4O2. The fourth-order valence-electron chi connectivity index (χ4n) is 3.22. The van der Waals surface area contributed by atoms with Gasteiger partial charge in [-0.15, -0.1) is 10.2 Å². The number of hydrogen-bond donors (Lipinski definition) is 2. The number of aromatic nitrogens is 2. The second-order valence-corrected chi connectivity index (χ2v) is 7.43. The summed E-state index contributed by atoms with van der Waals surface area (Å²) >= 11 is 3.39. The summed E-state index contributed by atoms with van der Waals surface area (Å²) < 4.78 is 2.95. The Morgan fingerprint density at radius 1 is 1.04 bits per heavy atom. The molecule has 0 atom stereocenters. The molecule has 0 aliphatic heterocycles. The van der Waals surface area contributed by atoms with Crippen molar-refractivity contribution in [1.29, 1.82) is 0 Å². The van der Waals surface area contributed by atoms with Crippen LogP contribution >= 0.6 is 15.9 Å². The van der Waals surface area contributed by atoms with Crippen LogP contribution in [0.4, 0.5) is 5.69 Å². The molecule has 0 spiro atoms.